The topological polar surface area (TPSA) is 238 Å². The molecule has 1 radical (unpaired) electrons. The number of nitro benzene ring substituents is 1. The number of nitro groups is 1. The summed E-state index contributed by atoms with van der Waals surface area (Å²) in [5.74, 6) is -2.81. The molecule has 0 atom stereocenters. The molecule has 0 amide bonds. The summed E-state index contributed by atoms with van der Waals surface area (Å²) >= 11 is 0. The number of carboxylic acids is 1. The number of carbonyl (C=O) groups is 1. The molecule has 0 spiro atoms. The molecule has 0 fully saturated rings. The van der Waals surface area contributed by atoms with E-state index in [1.165, 1.54) is 21.5 Å². The first kappa shape index (κ1) is 36.1. The van der Waals surface area contributed by atoms with E-state index in [-0.39, 0.29) is 52.8 Å². The molecular formula is C33H24CrN9O7. The van der Waals surface area contributed by atoms with Crippen molar-refractivity contribution in [2.45, 2.75) is 13.8 Å². The van der Waals surface area contributed by atoms with Gasteiger partial charge in [-0.25, -0.2) is 9.36 Å². The van der Waals surface area contributed by atoms with Gasteiger partial charge >= 0.3 is 18.8 Å². The number of aromatic nitrogens is 4. The van der Waals surface area contributed by atoms with Gasteiger partial charge in [0.25, 0.3) is 5.69 Å². The van der Waals surface area contributed by atoms with Gasteiger partial charge in [0.1, 0.15) is 11.4 Å². The third-order valence-electron chi connectivity index (χ3n) is 6.77. The van der Waals surface area contributed by atoms with Gasteiger partial charge in [-0.1, -0.05) is 66.4 Å². The van der Waals surface area contributed by atoms with Gasteiger partial charge in [-0.05, 0) is 44.2 Å². The Kier molecular flexibility index (Phi) is 11.5. The molecular weight excluding hydrogens is 686 g/mol. The van der Waals surface area contributed by atoms with Crippen molar-refractivity contribution in [3.63, 3.8) is 0 Å². The molecule has 0 aliphatic heterocycles. The number of carbonyl (C=O) groups excluding carboxylic acids is 1. The molecule has 2 aromatic heterocycles. The summed E-state index contributed by atoms with van der Waals surface area (Å²) in [5, 5.41) is 82.0. The molecule has 249 valence electrons. The van der Waals surface area contributed by atoms with Gasteiger partial charge in [0, 0.05) is 29.5 Å². The number of rotatable bonds is 8. The Labute approximate surface area is 295 Å². The minimum atomic E-state index is -1.36. The predicted molar refractivity (Wildman–Crippen MR) is 168 cm³/mol. The molecule has 0 N–H and O–H groups in total. The molecule has 6 aromatic rings. The fourth-order valence-electron chi connectivity index (χ4n) is 4.35. The van der Waals surface area contributed by atoms with Gasteiger partial charge in [-0.3, -0.25) is 10.1 Å². The average Bonchev–Trinajstić information content (AvgIpc) is 3.56. The summed E-state index contributed by atoms with van der Waals surface area (Å²) in [6, 6.07) is 26.8. The minimum Gasteiger partial charge on any atom is -0.871 e. The predicted octanol–water partition coefficient (Wildman–Crippen LogP) is 4.79. The van der Waals surface area contributed by atoms with Crippen LogP contribution in [0.15, 0.2) is 124 Å². The average molecular weight is 711 g/mol. The zero-order valence-corrected chi connectivity index (χ0v) is 27.4. The number of hydrogen-bond acceptors (Lipinski definition) is 13. The molecule has 50 heavy (non-hydrogen) atoms. The third kappa shape index (κ3) is 8.05. The van der Waals surface area contributed by atoms with E-state index >= 15 is 0 Å². The van der Waals surface area contributed by atoms with Crippen molar-refractivity contribution in [2.75, 3.05) is 0 Å². The number of non-ortho nitro benzene ring substituents is 1. The van der Waals surface area contributed by atoms with E-state index in [2.05, 4.69) is 30.7 Å². The Morgan fingerprint density at radius 2 is 1.14 bits per heavy atom. The minimum absolute atomic E-state index is 0. The summed E-state index contributed by atoms with van der Waals surface area (Å²) in [5.41, 5.74) is 1.45. The van der Waals surface area contributed by atoms with Gasteiger partial charge < -0.3 is 25.2 Å². The molecule has 0 aliphatic rings. The number of hydrogen-bond donors (Lipinski definition) is 0. The Bertz CT molecular complexity index is 2210. The van der Waals surface area contributed by atoms with E-state index in [9.17, 15) is 35.3 Å². The van der Waals surface area contributed by atoms with Crippen molar-refractivity contribution >= 4 is 34.4 Å². The van der Waals surface area contributed by atoms with Crippen LogP contribution in [-0.4, -0.2) is 30.5 Å². The Hall–Kier alpha value is -6.70. The summed E-state index contributed by atoms with van der Waals surface area (Å²) in [6.07, 6.45) is 0. The van der Waals surface area contributed by atoms with Crippen molar-refractivity contribution in [1.29, 1.82) is 0 Å². The van der Waals surface area contributed by atoms with Crippen LogP contribution >= 0.6 is 0 Å². The maximum absolute atomic E-state index is 12.4. The summed E-state index contributed by atoms with van der Waals surface area (Å²) in [6.45, 7) is 3.22. The van der Waals surface area contributed by atoms with E-state index in [1.807, 2.05) is 12.1 Å². The molecule has 0 saturated heterocycles. The van der Waals surface area contributed by atoms with Crippen LogP contribution in [0.4, 0.5) is 28.4 Å². The summed E-state index contributed by atoms with van der Waals surface area (Å²) in [7, 11) is 0. The zero-order valence-electron chi connectivity index (χ0n) is 27.1. The largest absolute Gasteiger partial charge is 3.00 e. The van der Waals surface area contributed by atoms with Crippen LogP contribution in [0.5, 0.6) is 17.5 Å². The first-order chi connectivity index (χ1) is 23.5. The molecule has 16 nitrogen and oxygen atoms in total. The van der Waals surface area contributed by atoms with Crippen LogP contribution in [0, 0.1) is 24.0 Å². The monoisotopic (exact) mass is 710 g/mol. The van der Waals surface area contributed by atoms with Crippen LogP contribution in [0.1, 0.15) is 23.2 Å². The molecule has 0 unspecified atom stereocenters. The van der Waals surface area contributed by atoms with E-state index in [0.29, 0.717) is 22.8 Å². The van der Waals surface area contributed by atoms with E-state index in [0.717, 1.165) is 18.2 Å². The van der Waals surface area contributed by atoms with Crippen molar-refractivity contribution in [1.82, 2.24) is 19.6 Å². The second kappa shape index (κ2) is 15.9. The molecule has 6 rings (SSSR count). The van der Waals surface area contributed by atoms with Gasteiger partial charge in [-0.2, -0.15) is 15.3 Å². The number of aromatic carboxylic acids is 1. The standard InChI is InChI=1S/C17H14N4O3.C16H13N5O4.Cr/c1-11-15(16(22)21(20-11)12-7-3-2-4-8-12)19-18-14-10-6-5-9-13(14)17(23)24;1-10-15(16(23)20(19-10)11-5-3-2-4-6-11)18-17-13-9-12(21(24)25)7-8-14(13)22;/h2-10,22H,1H3,(H,23,24);2-9,22-23H,1H3;/q;;+3/p-3. The fourth-order valence-corrected chi connectivity index (χ4v) is 4.35. The first-order valence-corrected chi connectivity index (χ1v) is 14.3. The van der Waals surface area contributed by atoms with Gasteiger partial charge in [-0.15, -0.1) is 15.3 Å². The fraction of sp³-hybridized carbons (Fsp3) is 0.0606. The quantitative estimate of drug-likeness (QED) is 0.120. The summed E-state index contributed by atoms with van der Waals surface area (Å²) < 4.78 is 2.41. The van der Waals surface area contributed by atoms with Gasteiger partial charge in [0.05, 0.1) is 45.0 Å². The van der Waals surface area contributed by atoms with E-state index in [1.54, 1.807) is 74.5 Å². The molecule has 0 saturated carbocycles. The van der Waals surface area contributed by atoms with Crippen molar-refractivity contribution < 1.29 is 48.9 Å². The maximum atomic E-state index is 12.4. The SMILES string of the molecule is Cc1nn(-c2ccccc2)c([O-])c1N=Nc1cc([N+](=O)[O-])ccc1[O-].Cc1nn(-c2ccccc2)c([O-])c1N=Nc1ccccc1C(=O)[O-].[Cr+3].[H+]. The molecule has 17 heteroatoms. The Morgan fingerprint density at radius 1 is 0.680 bits per heavy atom. The van der Waals surface area contributed by atoms with E-state index < -0.39 is 28.4 Å². The second-order valence-electron chi connectivity index (χ2n) is 10.1. The van der Waals surface area contributed by atoms with Crippen LogP contribution in [-0.2, 0) is 17.4 Å². The zero-order chi connectivity index (χ0) is 35.1. The molecule has 0 bridgehead atoms. The number of aryl methyl sites for hydroxylation is 2. The molecule has 4 aromatic carbocycles. The summed E-state index contributed by atoms with van der Waals surface area (Å²) in [4.78, 5) is 21.2. The number of nitrogens with zero attached hydrogens (tertiary/aromatic N) is 9. The van der Waals surface area contributed by atoms with Crippen LogP contribution in [0.25, 0.3) is 11.4 Å². The van der Waals surface area contributed by atoms with Crippen molar-refractivity contribution in [3.8, 4) is 28.9 Å². The Balaban J connectivity index is 0.000000265. The Morgan fingerprint density at radius 3 is 1.62 bits per heavy atom. The molecule has 0 aliphatic carbocycles. The third-order valence-corrected chi connectivity index (χ3v) is 6.77. The van der Waals surface area contributed by atoms with Crippen LogP contribution < -0.4 is 20.4 Å². The number of carboxylic acid groups (broad SMARTS) is 1. The maximum Gasteiger partial charge on any atom is 3.00 e. The van der Waals surface area contributed by atoms with Crippen LogP contribution in [0.2, 0.25) is 0 Å². The van der Waals surface area contributed by atoms with Gasteiger partial charge in [0.15, 0.2) is 0 Å². The smallest absolute Gasteiger partial charge is 0.871 e. The second-order valence-corrected chi connectivity index (χ2v) is 10.1. The molecule has 2 heterocycles. The number of azo groups is 2. The van der Waals surface area contributed by atoms with Crippen molar-refractivity contribution in [3.05, 3.63) is 130 Å². The van der Waals surface area contributed by atoms with E-state index in [4.69, 9.17) is 0 Å². The number of para-hydroxylation sites is 2. The van der Waals surface area contributed by atoms with Crippen molar-refractivity contribution in [2.24, 2.45) is 20.5 Å². The number of benzene rings is 4. The van der Waals surface area contributed by atoms with Crippen LogP contribution in [0.3, 0.4) is 0 Å². The first-order valence-electron chi connectivity index (χ1n) is 14.3. The van der Waals surface area contributed by atoms with Gasteiger partial charge in [0.2, 0.25) is 0 Å². The normalized spacial score (nSPS) is 10.8.